The van der Waals surface area contributed by atoms with Gasteiger partial charge in [-0.1, -0.05) is 6.07 Å². The summed E-state index contributed by atoms with van der Waals surface area (Å²) in [5.41, 5.74) is 3.39. The van der Waals surface area contributed by atoms with E-state index in [2.05, 4.69) is 9.88 Å². The predicted octanol–water partition coefficient (Wildman–Crippen LogP) is 2.25. The number of aromatic nitrogens is 1. The van der Waals surface area contributed by atoms with Crippen LogP contribution in [0.3, 0.4) is 0 Å². The van der Waals surface area contributed by atoms with Crippen LogP contribution in [0.15, 0.2) is 47.6 Å². The summed E-state index contributed by atoms with van der Waals surface area (Å²) in [5.74, 6) is 0. The summed E-state index contributed by atoms with van der Waals surface area (Å²) >= 11 is 0. The summed E-state index contributed by atoms with van der Waals surface area (Å²) in [4.78, 5) is 6.76. The van der Waals surface area contributed by atoms with Crippen LogP contribution in [0.25, 0.3) is 0 Å². The van der Waals surface area contributed by atoms with Gasteiger partial charge in [-0.25, -0.2) is 8.42 Å². The van der Waals surface area contributed by atoms with E-state index in [0.717, 1.165) is 37.2 Å². The van der Waals surface area contributed by atoms with Crippen LogP contribution in [0.2, 0.25) is 0 Å². The van der Waals surface area contributed by atoms with E-state index in [-0.39, 0.29) is 0 Å². The van der Waals surface area contributed by atoms with Crippen LogP contribution >= 0.6 is 0 Å². The maximum absolute atomic E-state index is 12.8. The third-order valence-electron chi connectivity index (χ3n) is 4.91. The van der Waals surface area contributed by atoms with E-state index in [1.54, 1.807) is 16.4 Å². The highest BCUT2D eigenvalue weighted by Gasteiger charge is 2.28. The normalized spacial score (nSPS) is 16.9. The number of hydrogen-bond acceptors (Lipinski definition) is 4. The molecule has 0 unspecified atom stereocenters. The van der Waals surface area contributed by atoms with Crippen molar-refractivity contribution in [2.45, 2.75) is 25.2 Å². The molecule has 3 rings (SSSR count). The molecular formula is C19H25N3O2S. The van der Waals surface area contributed by atoms with Gasteiger partial charge >= 0.3 is 0 Å². The van der Waals surface area contributed by atoms with Crippen LogP contribution in [0.1, 0.15) is 16.7 Å². The fourth-order valence-corrected chi connectivity index (χ4v) is 4.56. The van der Waals surface area contributed by atoms with Gasteiger partial charge in [0.2, 0.25) is 10.0 Å². The number of benzene rings is 1. The first-order chi connectivity index (χ1) is 12.0. The molecule has 0 radical (unpaired) electrons. The molecule has 2 heterocycles. The van der Waals surface area contributed by atoms with Crippen molar-refractivity contribution in [3.63, 3.8) is 0 Å². The Kier molecular flexibility index (Phi) is 5.51. The number of aryl methyl sites for hydroxylation is 2. The molecule has 0 spiro atoms. The fraction of sp³-hybridized carbons (Fsp3) is 0.421. The second-order valence-electron chi connectivity index (χ2n) is 6.60. The number of nitrogens with zero attached hydrogens (tertiary/aromatic N) is 3. The van der Waals surface area contributed by atoms with Crippen LogP contribution in [-0.4, -0.2) is 55.3 Å². The minimum atomic E-state index is -3.39. The van der Waals surface area contributed by atoms with Gasteiger partial charge in [0.1, 0.15) is 0 Å². The average molecular weight is 359 g/mol. The molecule has 1 aliphatic heterocycles. The first kappa shape index (κ1) is 18.0. The minimum absolute atomic E-state index is 0.404. The topological polar surface area (TPSA) is 53.5 Å². The van der Waals surface area contributed by atoms with E-state index in [1.807, 2.05) is 44.4 Å². The molecule has 0 N–H and O–H groups in total. The van der Waals surface area contributed by atoms with Crippen LogP contribution in [0, 0.1) is 13.8 Å². The average Bonchev–Trinajstić information content (AvgIpc) is 2.63. The summed E-state index contributed by atoms with van der Waals surface area (Å²) < 4.78 is 27.3. The molecule has 2 aromatic rings. The molecule has 6 heteroatoms. The highest BCUT2D eigenvalue weighted by Crippen LogP contribution is 2.20. The van der Waals surface area contributed by atoms with Crippen LogP contribution in [0.5, 0.6) is 0 Å². The third-order valence-corrected chi connectivity index (χ3v) is 6.81. The van der Waals surface area contributed by atoms with E-state index in [0.29, 0.717) is 18.0 Å². The van der Waals surface area contributed by atoms with E-state index in [9.17, 15) is 8.42 Å². The third kappa shape index (κ3) is 4.26. The Balaban J connectivity index is 1.58. The zero-order valence-electron chi connectivity index (χ0n) is 14.9. The predicted molar refractivity (Wildman–Crippen MR) is 99.1 cm³/mol. The Morgan fingerprint density at radius 3 is 2.28 bits per heavy atom. The summed E-state index contributed by atoms with van der Waals surface area (Å²) in [6, 6.07) is 9.43. The van der Waals surface area contributed by atoms with Crippen molar-refractivity contribution >= 4 is 10.0 Å². The van der Waals surface area contributed by atoms with E-state index in [1.165, 1.54) is 5.56 Å². The van der Waals surface area contributed by atoms with Crippen molar-refractivity contribution in [1.29, 1.82) is 0 Å². The fourth-order valence-electron chi connectivity index (χ4n) is 3.05. The van der Waals surface area contributed by atoms with E-state index < -0.39 is 10.0 Å². The van der Waals surface area contributed by atoms with Gasteiger partial charge in [-0.3, -0.25) is 4.98 Å². The van der Waals surface area contributed by atoms with Crippen molar-refractivity contribution in [3.05, 3.63) is 59.4 Å². The van der Waals surface area contributed by atoms with E-state index in [4.69, 9.17) is 0 Å². The highest BCUT2D eigenvalue weighted by atomic mass is 32.2. The molecule has 1 saturated heterocycles. The van der Waals surface area contributed by atoms with Gasteiger partial charge in [-0.05, 0) is 61.2 Å². The van der Waals surface area contributed by atoms with Crippen molar-refractivity contribution in [1.82, 2.24) is 14.2 Å². The van der Waals surface area contributed by atoms with Gasteiger partial charge in [0, 0.05) is 45.1 Å². The summed E-state index contributed by atoms with van der Waals surface area (Å²) in [7, 11) is -3.39. The molecule has 5 nitrogen and oxygen atoms in total. The molecule has 0 amide bonds. The second kappa shape index (κ2) is 7.64. The molecule has 1 aliphatic rings. The number of hydrogen-bond donors (Lipinski definition) is 0. The zero-order valence-corrected chi connectivity index (χ0v) is 15.7. The molecule has 1 fully saturated rings. The molecular weight excluding hydrogens is 334 g/mol. The monoisotopic (exact) mass is 359 g/mol. The number of pyridine rings is 1. The highest BCUT2D eigenvalue weighted by molar-refractivity contribution is 7.89. The maximum atomic E-state index is 12.8. The lowest BCUT2D eigenvalue weighted by molar-refractivity contribution is 0.190. The second-order valence-corrected chi connectivity index (χ2v) is 8.54. The largest absolute Gasteiger partial charge is 0.300 e. The Hall–Kier alpha value is -1.76. The van der Waals surface area contributed by atoms with Crippen molar-refractivity contribution in [3.8, 4) is 0 Å². The lowest BCUT2D eigenvalue weighted by atomic mass is 10.1. The van der Waals surface area contributed by atoms with Gasteiger partial charge in [0.15, 0.2) is 0 Å². The zero-order chi connectivity index (χ0) is 17.9. The molecule has 1 aromatic carbocycles. The standard InChI is InChI=1S/C19H25N3O2S/c1-16-3-4-19(15-17(16)2)25(23,24)22-13-11-21(12-14-22)10-7-18-5-8-20-9-6-18/h3-6,8-9,15H,7,10-14H2,1-2H3. The smallest absolute Gasteiger partial charge is 0.243 e. The molecule has 0 saturated carbocycles. The Morgan fingerprint density at radius 1 is 0.960 bits per heavy atom. The van der Waals surface area contributed by atoms with Gasteiger partial charge in [-0.2, -0.15) is 4.31 Å². The van der Waals surface area contributed by atoms with E-state index >= 15 is 0 Å². The maximum Gasteiger partial charge on any atom is 0.243 e. The van der Waals surface area contributed by atoms with Gasteiger partial charge in [0.05, 0.1) is 4.90 Å². The first-order valence-corrected chi connectivity index (χ1v) is 10.1. The van der Waals surface area contributed by atoms with Gasteiger partial charge < -0.3 is 4.90 Å². The molecule has 0 atom stereocenters. The van der Waals surface area contributed by atoms with Crippen molar-refractivity contribution in [2.75, 3.05) is 32.7 Å². The summed E-state index contributed by atoms with van der Waals surface area (Å²) in [5, 5.41) is 0. The number of piperazine rings is 1. The number of rotatable bonds is 5. The summed E-state index contributed by atoms with van der Waals surface area (Å²) in [6.45, 7) is 7.53. The minimum Gasteiger partial charge on any atom is -0.300 e. The van der Waals surface area contributed by atoms with Crippen LogP contribution < -0.4 is 0 Å². The number of sulfonamides is 1. The Labute approximate surface area is 150 Å². The van der Waals surface area contributed by atoms with Crippen LogP contribution in [0.4, 0.5) is 0 Å². The Morgan fingerprint density at radius 2 is 1.64 bits per heavy atom. The molecule has 134 valence electrons. The first-order valence-electron chi connectivity index (χ1n) is 8.65. The van der Waals surface area contributed by atoms with Crippen molar-refractivity contribution in [2.24, 2.45) is 0 Å². The summed E-state index contributed by atoms with van der Waals surface area (Å²) in [6.07, 6.45) is 4.58. The molecule has 25 heavy (non-hydrogen) atoms. The lowest BCUT2D eigenvalue weighted by Crippen LogP contribution is -2.49. The van der Waals surface area contributed by atoms with Crippen molar-refractivity contribution < 1.29 is 8.42 Å². The van der Waals surface area contributed by atoms with Gasteiger partial charge in [-0.15, -0.1) is 0 Å². The van der Waals surface area contributed by atoms with Crippen LogP contribution in [-0.2, 0) is 16.4 Å². The van der Waals surface area contributed by atoms with Gasteiger partial charge in [0.25, 0.3) is 0 Å². The Bertz CT molecular complexity index is 814. The lowest BCUT2D eigenvalue weighted by Gasteiger charge is -2.34. The molecule has 0 aliphatic carbocycles. The SMILES string of the molecule is Cc1ccc(S(=O)(=O)N2CCN(CCc3ccncc3)CC2)cc1C. The quantitative estimate of drug-likeness (QED) is 0.822. The molecule has 1 aromatic heterocycles. The molecule has 0 bridgehead atoms.